The van der Waals surface area contributed by atoms with Gasteiger partial charge in [0.2, 0.25) is 0 Å². The van der Waals surface area contributed by atoms with Crippen LogP contribution in [0.2, 0.25) is 0 Å². The van der Waals surface area contributed by atoms with Gasteiger partial charge in [-0.1, -0.05) is 20.3 Å². The molecule has 2 atom stereocenters. The van der Waals surface area contributed by atoms with Gasteiger partial charge in [-0.2, -0.15) is 0 Å². The van der Waals surface area contributed by atoms with Crippen LogP contribution in [0.15, 0.2) is 0 Å². The smallest absolute Gasteiger partial charge is 0.00462 e. The Morgan fingerprint density at radius 3 is 2.55 bits per heavy atom. The fourth-order valence-electron chi connectivity index (χ4n) is 1.75. The van der Waals surface area contributed by atoms with Crippen LogP contribution in [0.1, 0.15) is 39.5 Å². The van der Waals surface area contributed by atoms with Crippen molar-refractivity contribution in [3.8, 4) is 0 Å². The van der Waals surface area contributed by atoms with Crippen molar-refractivity contribution in [2.75, 3.05) is 13.1 Å². The van der Waals surface area contributed by atoms with Crippen LogP contribution in [0.25, 0.3) is 0 Å². The van der Waals surface area contributed by atoms with Crippen molar-refractivity contribution in [1.82, 2.24) is 5.32 Å². The first kappa shape index (κ1) is 9.05. The minimum absolute atomic E-state index is 1.07. The lowest BCUT2D eigenvalue weighted by Crippen LogP contribution is -2.16. The maximum atomic E-state index is 3.45. The Morgan fingerprint density at radius 1 is 1.18 bits per heavy atom. The van der Waals surface area contributed by atoms with Crippen LogP contribution in [0.4, 0.5) is 0 Å². The molecule has 1 aliphatic rings. The molecule has 66 valence electrons. The molecule has 1 N–H and O–H groups in total. The summed E-state index contributed by atoms with van der Waals surface area (Å²) in [5, 5.41) is 3.45. The van der Waals surface area contributed by atoms with Crippen molar-refractivity contribution in [2.24, 2.45) is 11.8 Å². The van der Waals surface area contributed by atoms with Gasteiger partial charge in [-0.05, 0) is 44.2 Å². The molecule has 0 spiro atoms. The zero-order valence-corrected chi connectivity index (χ0v) is 7.90. The number of hydrogen-bond acceptors (Lipinski definition) is 1. The zero-order chi connectivity index (χ0) is 8.10. The quantitative estimate of drug-likeness (QED) is 0.581. The molecule has 1 nitrogen and oxygen atoms in total. The first-order chi connectivity index (χ1) is 5.38. The highest BCUT2D eigenvalue weighted by Crippen LogP contribution is 2.43. The van der Waals surface area contributed by atoms with Gasteiger partial charge in [-0.15, -0.1) is 0 Å². The largest absolute Gasteiger partial charge is 0.317 e. The molecule has 1 saturated carbocycles. The van der Waals surface area contributed by atoms with Crippen LogP contribution in [0, 0.1) is 11.8 Å². The average Bonchev–Trinajstić information content (AvgIpc) is 2.77. The Morgan fingerprint density at radius 2 is 2.00 bits per heavy atom. The van der Waals surface area contributed by atoms with Gasteiger partial charge in [-0.25, -0.2) is 0 Å². The van der Waals surface area contributed by atoms with E-state index in [1.165, 1.54) is 38.8 Å². The van der Waals surface area contributed by atoms with E-state index >= 15 is 0 Å². The molecule has 1 heteroatoms. The molecular weight excluding hydrogens is 134 g/mol. The summed E-state index contributed by atoms with van der Waals surface area (Å²) in [7, 11) is 0. The minimum Gasteiger partial charge on any atom is -0.317 e. The Hall–Kier alpha value is -0.0400. The van der Waals surface area contributed by atoms with Crippen molar-refractivity contribution in [3.05, 3.63) is 0 Å². The zero-order valence-electron chi connectivity index (χ0n) is 7.90. The van der Waals surface area contributed by atoms with E-state index in [9.17, 15) is 0 Å². The van der Waals surface area contributed by atoms with Crippen LogP contribution in [0.3, 0.4) is 0 Å². The van der Waals surface area contributed by atoms with E-state index in [1.54, 1.807) is 0 Å². The second-order valence-corrected chi connectivity index (χ2v) is 3.70. The summed E-state index contributed by atoms with van der Waals surface area (Å²) in [4.78, 5) is 0. The van der Waals surface area contributed by atoms with Crippen molar-refractivity contribution in [1.29, 1.82) is 0 Å². The monoisotopic (exact) mass is 155 g/mol. The van der Waals surface area contributed by atoms with Gasteiger partial charge in [0, 0.05) is 0 Å². The van der Waals surface area contributed by atoms with Gasteiger partial charge in [-0.3, -0.25) is 0 Å². The Kier molecular flexibility index (Phi) is 3.92. The van der Waals surface area contributed by atoms with E-state index in [0.717, 1.165) is 11.8 Å². The summed E-state index contributed by atoms with van der Waals surface area (Å²) in [5.41, 5.74) is 0. The van der Waals surface area contributed by atoms with Gasteiger partial charge in [0.05, 0.1) is 0 Å². The molecule has 1 rings (SSSR count). The molecule has 0 saturated heterocycles. The molecule has 0 amide bonds. The highest BCUT2D eigenvalue weighted by Gasteiger charge is 2.33. The van der Waals surface area contributed by atoms with E-state index in [4.69, 9.17) is 0 Å². The molecule has 2 unspecified atom stereocenters. The summed E-state index contributed by atoms with van der Waals surface area (Å²) in [6, 6.07) is 0. The van der Waals surface area contributed by atoms with E-state index < -0.39 is 0 Å². The molecule has 0 aromatic carbocycles. The SMILES string of the molecule is CCCNCCC1CC1CC. The summed E-state index contributed by atoms with van der Waals surface area (Å²) in [6.45, 7) is 6.97. The molecule has 0 bridgehead atoms. The standard InChI is InChI=1S/C10H21N/c1-3-6-11-7-5-10-8-9(10)4-2/h9-11H,3-8H2,1-2H3. The first-order valence-corrected chi connectivity index (χ1v) is 5.09. The summed E-state index contributed by atoms with van der Waals surface area (Å²) in [6.07, 6.45) is 5.59. The molecule has 1 aliphatic carbocycles. The molecule has 0 aromatic rings. The highest BCUT2D eigenvalue weighted by molar-refractivity contribution is 4.85. The van der Waals surface area contributed by atoms with Crippen molar-refractivity contribution in [2.45, 2.75) is 39.5 Å². The molecular formula is C10H21N. The Balaban J connectivity index is 1.82. The van der Waals surface area contributed by atoms with E-state index in [2.05, 4.69) is 19.2 Å². The predicted octanol–water partition coefficient (Wildman–Crippen LogP) is 2.42. The van der Waals surface area contributed by atoms with Crippen LogP contribution in [0.5, 0.6) is 0 Å². The molecule has 0 aliphatic heterocycles. The van der Waals surface area contributed by atoms with Gasteiger partial charge in [0.15, 0.2) is 0 Å². The lowest BCUT2D eigenvalue weighted by Gasteiger charge is -2.00. The third-order valence-corrected chi connectivity index (χ3v) is 2.71. The predicted molar refractivity (Wildman–Crippen MR) is 49.7 cm³/mol. The lowest BCUT2D eigenvalue weighted by atomic mass is 10.2. The lowest BCUT2D eigenvalue weighted by molar-refractivity contribution is 0.572. The van der Waals surface area contributed by atoms with E-state index in [-0.39, 0.29) is 0 Å². The van der Waals surface area contributed by atoms with Crippen molar-refractivity contribution in [3.63, 3.8) is 0 Å². The maximum Gasteiger partial charge on any atom is -0.00462 e. The fraction of sp³-hybridized carbons (Fsp3) is 1.00. The Bertz CT molecular complexity index is 101. The van der Waals surface area contributed by atoms with Gasteiger partial charge >= 0.3 is 0 Å². The topological polar surface area (TPSA) is 12.0 Å². The summed E-state index contributed by atoms with van der Waals surface area (Å²) >= 11 is 0. The summed E-state index contributed by atoms with van der Waals surface area (Å²) < 4.78 is 0. The first-order valence-electron chi connectivity index (χ1n) is 5.09. The third-order valence-electron chi connectivity index (χ3n) is 2.71. The average molecular weight is 155 g/mol. The molecule has 0 aromatic heterocycles. The van der Waals surface area contributed by atoms with E-state index in [1.807, 2.05) is 0 Å². The minimum atomic E-state index is 1.07. The molecule has 1 fully saturated rings. The molecule has 11 heavy (non-hydrogen) atoms. The van der Waals surface area contributed by atoms with Crippen molar-refractivity contribution >= 4 is 0 Å². The summed E-state index contributed by atoms with van der Waals surface area (Å²) in [5.74, 6) is 2.16. The number of rotatable bonds is 6. The van der Waals surface area contributed by atoms with E-state index in [0.29, 0.717) is 0 Å². The van der Waals surface area contributed by atoms with Crippen LogP contribution in [-0.4, -0.2) is 13.1 Å². The fourth-order valence-corrected chi connectivity index (χ4v) is 1.75. The normalized spacial score (nSPS) is 28.9. The van der Waals surface area contributed by atoms with Crippen LogP contribution < -0.4 is 5.32 Å². The Labute approximate surface area is 70.6 Å². The van der Waals surface area contributed by atoms with Gasteiger partial charge in [0.25, 0.3) is 0 Å². The highest BCUT2D eigenvalue weighted by atomic mass is 14.8. The van der Waals surface area contributed by atoms with Gasteiger partial charge in [0.1, 0.15) is 0 Å². The third kappa shape index (κ3) is 3.24. The molecule has 0 radical (unpaired) electrons. The molecule has 0 heterocycles. The second-order valence-electron chi connectivity index (χ2n) is 3.70. The second kappa shape index (κ2) is 4.76. The number of nitrogens with one attached hydrogen (secondary N) is 1. The van der Waals surface area contributed by atoms with Crippen molar-refractivity contribution < 1.29 is 0 Å². The van der Waals surface area contributed by atoms with Gasteiger partial charge < -0.3 is 5.32 Å². The van der Waals surface area contributed by atoms with Crippen LogP contribution >= 0.6 is 0 Å². The number of hydrogen-bond donors (Lipinski definition) is 1. The van der Waals surface area contributed by atoms with Crippen LogP contribution in [-0.2, 0) is 0 Å². The maximum absolute atomic E-state index is 3.45.